The zero-order valence-corrected chi connectivity index (χ0v) is 13.9. The first-order chi connectivity index (χ1) is 9.85. The lowest BCUT2D eigenvalue weighted by molar-refractivity contribution is -0.144. The van der Waals surface area contributed by atoms with Crippen molar-refractivity contribution in [3.63, 3.8) is 0 Å². The number of carbonyl (C=O) groups is 2. The van der Waals surface area contributed by atoms with Crippen LogP contribution in [0, 0.1) is 5.41 Å². The zero-order chi connectivity index (χ0) is 15.5. The molecule has 3 atom stereocenters. The number of amides is 2. The normalized spacial score (nSPS) is 28.0. The summed E-state index contributed by atoms with van der Waals surface area (Å²) in [5.41, 5.74) is 0.287. The third-order valence-corrected chi connectivity index (χ3v) is 5.41. The first-order valence-electron chi connectivity index (χ1n) is 7.69. The summed E-state index contributed by atoms with van der Waals surface area (Å²) in [6, 6.07) is 0.298. The Bertz CT molecular complexity index is 395. The summed E-state index contributed by atoms with van der Waals surface area (Å²) in [6.45, 7) is 7.07. The second-order valence-electron chi connectivity index (χ2n) is 7.05. The maximum atomic E-state index is 11.7. The van der Waals surface area contributed by atoms with E-state index in [1.54, 1.807) is 0 Å². The highest BCUT2D eigenvalue weighted by molar-refractivity contribution is 8.00. The molecule has 2 heterocycles. The van der Waals surface area contributed by atoms with Gasteiger partial charge < -0.3 is 15.4 Å². The van der Waals surface area contributed by atoms with Gasteiger partial charge in [0, 0.05) is 17.4 Å². The van der Waals surface area contributed by atoms with Crippen molar-refractivity contribution < 1.29 is 14.3 Å². The first-order valence-corrected chi connectivity index (χ1v) is 8.74. The summed E-state index contributed by atoms with van der Waals surface area (Å²) in [5.74, 6) is 0.805. The van der Waals surface area contributed by atoms with Gasteiger partial charge in [-0.25, -0.2) is 4.79 Å². The number of fused-ring (bicyclic) bond motifs is 1. The Kier molecular flexibility index (Phi) is 5.41. The van der Waals surface area contributed by atoms with Crippen molar-refractivity contribution in [3.8, 4) is 0 Å². The number of hydrogen-bond acceptors (Lipinski definition) is 4. The second kappa shape index (κ2) is 6.90. The molecule has 2 N–H and O–H groups in total. The molecule has 0 aromatic carbocycles. The Morgan fingerprint density at radius 1 is 1.38 bits per heavy atom. The summed E-state index contributed by atoms with van der Waals surface area (Å²) in [6.07, 6.45) is 3.18. The molecule has 0 aromatic rings. The van der Waals surface area contributed by atoms with Gasteiger partial charge >= 0.3 is 12.0 Å². The molecule has 0 aromatic heterocycles. The molecule has 0 unspecified atom stereocenters. The SMILES string of the molecule is CC(C)(C)CCCOC(=O)CC[C@@H]1SC[C@@H]2NC(=O)N[C@@H]21. The average Bonchev–Trinajstić information content (AvgIpc) is 2.90. The number of nitrogens with one attached hydrogen (secondary N) is 2. The van der Waals surface area contributed by atoms with Gasteiger partial charge in [-0.05, 0) is 24.7 Å². The highest BCUT2D eigenvalue weighted by atomic mass is 32.2. The van der Waals surface area contributed by atoms with E-state index in [1.807, 2.05) is 11.8 Å². The molecule has 0 bridgehead atoms. The predicted octanol–water partition coefficient (Wildman–Crippen LogP) is 2.30. The molecular formula is C15H26N2O3S. The maximum Gasteiger partial charge on any atom is 0.315 e. The molecule has 0 radical (unpaired) electrons. The summed E-state index contributed by atoms with van der Waals surface area (Å²) < 4.78 is 5.28. The molecule has 21 heavy (non-hydrogen) atoms. The number of thioether (sulfide) groups is 1. The second-order valence-corrected chi connectivity index (χ2v) is 8.32. The summed E-state index contributed by atoms with van der Waals surface area (Å²) >= 11 is 1.83. The lowest BCUT2D eigenvalue weighted by Gasteiger charge is -2.18. The molecule has 2 aliphatic heterocycles. The fraction of sp³-hybridized carbons (Fsp3) is 0.867. The van der Waals surface area contributed by atoms with Crippen LogP contribution in [0.5, 0.6) is 0 Å². The largest absolute Gasteiger partial charge is 0.466 e. The van der Waals surface area contributed by atoms with Gasteiger partial charge in [-0.1, -0.05) is 20.8 Å². The minimum Gasteiger partial charge on any atom is -0.466 e. The van der Waals surface area contributed by atoms with Crippen molar-refractivity contribution in [2.45, 2.75) is 63.8 Å². The summed E-state index contributed by atoms with van der Waals surface area (Å²) in [4.78, 5) is 23.0. The van der Waals surface area contributed by atoms with Crippen LogP contribution in [0.1, 0.15) is 46.5 Å². The fourth-order valence-corrected chi connectivity index (χ4v) is 4.26. The molecule has 120 valence electrons. The van der Waals surface area contributed by atoms with Crippen LogP contribution >= 0.6 is 11.8 Å². The predicted molar refractivity (Wildman–Crippen MR) is 84.4 cm³/mol. The van der Waals surface area contributed by atoms with Crippen LogP contribution in [-0.4, -0.2) is 41.7 Å². The van der Waals surface area contributed by atoms with Gasteiger partial charge in [-0.15, -0.1) is 0 Å². The van der Waals surface area contributed by atoms with Crippen LogP contribution in [0.4, 0.5) is 4.79 Å². The van der Waals surface area contributed by atoms with Crippen molar-refractivity contribution in [2.24, 2.45) is 5.41 Å². The highest BCUT2D eigenvalue weighted by Crippen LogP contribution is 2.32. The maximum absolute atomic E-state index is 11.7. The van der Waals surface area contributed by atoms with E-state index in [9.17, 15) is 9.59 Å². The van der Waals surface area contributed by atoms with Crippen molar-refractivity contribution in [1.82, 2.24) is 10.6 Å². The van der Waals surface area contributed by atoms with Crippen molar-refractivity contribution in [1.29, 1.82) is 0 Å². The Balaban J connectivity index is 1.60. The number of hydrogen-bond donors (Lipinski definition) is 2. The number of rotatable bonds is 6. The van der Waals surface area contributed by atoms with Gasteiger partial charge in [0.15, 0.2) is 0 Å². The van der Waals surface area contributed by atoms with Gasteiger partial charge in [0.2, 0.25) is 0 Å². The Hall–Kier alpha value is -0.910. The van der Waals surface area contributed by atoms with Crippen LogP contribution < -0.4 is 10.6 Å². The Labute approximate surface area is 130 Å². The van der Waals surface area contributed by atoms with E-state index in [0.29, 0.717) is 18.3 Å². The molecule has 2 amide bonds. The molecule has 2 rings (SSSR count). The molecule has 5 nitrogen and oxygen atoms in total. The van der Waals surface area contributed by atoms with Gasteiger partial charge in [0.05, 0.1) is 18.7 Å². The quantitative estimate of drug-likeness (QED) is 0.448. The van der Waals surface area contributed by atoms with E-state index in [2.05, 4.69) is 31.4 Å². The van der Waals surface area contributed by atoms with Gasteiger partial charge in [-0.2, -0.15) is 11.8 Å². The monoisotopic (exact) mass is 314 g/mol. The lowest BCUT2D eigenvalue weighted by Crippen LogP contribution is -2.37. The lowest BCUT2D eigenvalue weighted by atomic mass is 9.91. The van der Waals surface area contributed by atoms with E-state index >= 15 is 0 Å². The van der Waals surface area contributed by atoms with Crippen LogP contribution in [0.3, 0.4) is 0 Å². The number of urea groups is 1. The van der Waals surface area contributed by atoms with Crippen LogP contribution in [0.2, 0.25) is 0 Å². The molecule has 2 fully saturated rings. The third-order valence-electron chi connectivity index (χ3n) is 3.91. The number of carbonyl (C=O) groups excluding carboxylic acids is 2. The average molecular weight is 314 g/mol. The number of esters is 1. The Morgan fingerprint density at radius 3 is 2.86 bits per heavy atom. The molecule has 0 saturated carbocycles. The van der Waals surface area contributed by atoms with Crippen LogP contribution in [0.25, 0.3) is 0 Å². The van der Waals surface area contributed by atoms with Crippen molar-refractivity contribution >= 4 is 23.8 Å². The number of ether oxygens (including phenoxy) is 1. The molecular weight excluding hydrogens is 288 g/mol. The minimum atomic E-state index is -0.120. The van der Waals surface area contributed by atoms with Crippen LogP contribution in [0.15, 0.2) is 0 Å². The third kappa shape index (κ3) is 5.09. The van der Waals surface area contributed by atoms with Crippen molar-refractivity contribution in [3.05, 3.63) is 0 Å². The summed E-state index contributed by atoms with van der Waals surface area (Å²) in [7, 11) is 0. The smallest absolute Gasteiger partial charge is 0.315 e. The molecule has 2 saturated heterocycles. The van der Waals surface area contributed by atoms with Crippen molar-refractivity contribution in [2.75, 3.05) is 12.4 Å². The molecule has 0 spiro atoms. The molecule has 0 aliphatic carbocycles. The topological polar surface area (TPSA) is 67.4 Å². The van der Waals surface area contributed by atoms with Crippen LogP contribution in [-0.2, 0) is 9.53 Å². The van der Waals surface area contributed by atoms with E-state index in [-0.39, 0.29) is 29.5 Å². The fourth-order valence-electron chi connectivity index (χ4n) is 2.76. The Morgan fingerprint density at radius 2 is 2.14 bits per heavy atom. The molecule has 2 aliphatic rings. The standard InChI is InChI=1S/C15H26N2O3S/c1-15(2,3)7-4-8-20-12(18)6-5-11-13-10(9-21-11)16-14(19)17-13/h10-11,13H,4-9H2,1-3H3,(H2,16,17,19)/t10-,11-,13-/m0/s1. The van der Waals surface area contributed by atoms with E-state index in [4.69, 9.17) is 4.74 Å². The highest BCUT2D eigenvalue weighted by Gasteiger charge is 2.42. The van der Waals surface area contributed by atoms with Gasteiger partial charge in [0.25, 0.3) is 0 Å². The first kappa shape index (κ1) is 16.5. The van der Waals surface area contributed by atoms with E-state index in [0.717, 1.165) is 25.0 Å². The summed E-state index contributed by atoms with van der Waals surface area (Å²) in [5, 5.41) is 6.15. The van der Waals surface area contributed by atoms with Gasteiger partial charge in [0.1, 0.15) is 0 Å². The van der Waals surface area contributed by atoms with E-state index < -0.39 is 0 Å². The van der Waals surface area contributed by atoms with Gasteiger partial charge in [-0.3, -0.25) is 4.79 Å². The van der Waals surface area contributed by atoms with E-state index in [1.165, 1.54) is 0 Å². The zero-order valence-electron chi connectivity index (χ0n) is 13.1. The minimum absolute atomic E-state index is 0.0833. The molecule has 6 heteroatoms.